The average molecular weight is 1690 g/mol. The summed E-state index contributed by atoms with van der Waals surface area (Å²) in [6.07, 6.45) is 3.22. The maximum atomic E-state index is 6.96. The lowest BCUT2D eigenvalue weighted by Gasteiger charge is -2.38. The summed E-state index contributed by atoms with van der Waals surface area (Å²) in [6.45, 7) is 70.9. The molecule has 1 rings (SSSR count). The zero-order valence-corrected chi connectivity index (χ0v) is 83.4. The van der Waals surface area contributed by atoms with Crippen molar-refractivity contribution in [3.05, 3.63) is 0 Å². The molecule has 39 heteroatoms. The van der Waals surface area contributed by atoms with Gasteiger partial charge in [0.05, 0.1) is 6.61 Å². The van der Waals surface area contributed by atoms with Crippen LogP contribution < -0.4 is 14.7 Å². The van der Waals surface area contributed by atoms with Crippen LogP contribution in [-0.4, -0.2) is 256 Å². The number of ether oxygens (including phenoxy) is 6. The van der Waals surface area contributed by atoms with Crippen molar-refractivity contribution < 1.29 is 92.9 Å². The zero-order valence-electron chi connectivity index (χ0n) is 71.4. The van der Waals surface area contributed by atoms with Crippen molar-refractivity contribution in [3.63, 3.8) is 0 Å². The van der Waals surface area contributed by atoms with Crippen LogP contribution in [0.3, 0.4) is 0 Å². The maximum absolute atomic E-state index is 6.96. The number of aromatic nitrogens is 3. The highest BCUT2D eigenvalue weighted by Crippen LogP contribution is 2.31. The van der Waals surface area contributed by atoms with Crippen LogP contribution in [0.4, 0.5) is 17.8 Å². The Hall–Kier alpha value is 0.173. The van der Waals surface area contributed by atoms with Crippen LogP contribution in [0.25, 0.3) is 0 Å². The summed E-state index contributed by atoms with van der Waals surface area (Å²) in [5.41, 5.74) is 0. The number of hydrogen-bond donors (Lipinski definition) is 0. The SMILES string of the molecule is CCO[Si](CCCOCN(COCCC[Si](C)(O[Si](C)(C)C)O[Si](C)(C)C)c1nc(N(COCCC[Si](OCC)(OCC)OCC)COCCC[Si](OCC)(OCC)OCC)nc(N(COCCC[Si](C)(O[Si](C)(C)C)O[Si](C)(C)C)COCC[Si](C)(O[Si](C)(C)C)O[Si](C)(C)C)n1)(OCC)OCC. The number of anilines is 3. The summed E-state index contributed by atoms with van der Waals surface area (Å²) >= 11 is 0. The molecule has 0 spiro atoms. The van der Waals surface area contributed by atoms with Gasteiger partial charge in [0.2, 0.25) is 17.8 Å². The van der Waals surface area contributed by atoms with Gasteiger partial charge in [-0.1, -0.05) is 0 Å². The Kier molecular flexibility index (Phi) is 49.5. The van der Waals surface area contributed by atoms with Crippen molar-refractivity contribution in [1.29, 1.82) is 0 Å². The fraction of sp³-hybridized carbons (Fsp3) is 0.954. The average Bonchev–Trinajstić information content (AvgIpc) is 0.814. The van der Waals surface area contributed by atoms with Crippen LogP contribution in [0.2, 0.25) is 174 Å². The minimum atomic E-state index is -2.99. The van der Waals surface area contributed by atoms with Crippen molar-refractivity contribution in [1.82, 2.24) is 15.0 Å². The van der Waals surface area contributed by atoms with E-state index in [0.29, 0.717) is 155 Å². The first-order valence-corrected chi connectivity index (χ1v) is 72.6. The number of hydrogen-bond acceptors (Lipinski definition) is 27. The summed E-state index contributed by atoms with van der Waals surface area (Å²) in [4.78, 5) is 21.7. The van der Waals surface area contributed by atoms with Gasteiger partial charge >= 0.3 is 52.1 Å². The molecule has 1 heterocycles. The van der Waals surface area contributed by atoms with Crippen LogP contribution in [0.15, 0.2) is 0 Å². The summed E-state index contributed by atoms with van der Waals surface area (Å²) in [7, 11) is -28.8. The molecule has 0 atom stereocenters. The third-order valence-corrected chi connectivity index (χ3v) is 52.3. The van der Waals surface area contributed by atoms with E-state index in [0.717, 1.165) is 12.1 Å². The van der Waals surface area contributed by atoms with Crippen LogP contribution in [0, 0.1) is 0 Å². The molecule has 618 valence electrons. The lowest BCUT2D eigenvalue weighted by Crippen LogP contribution is -2.53. The van der Waals surface area contributed by atoms with Gasteiger partial charge in [-0.05, 0) is 244 Å². The van der Waals surface area contributed by atoms with Gasteiger partial charge in [-0.2, -0.15) is 15.0 Å². The second-order valence-corrected chi connectivity index (χ2v) is 78.7. The molecule has 0 aromatic carbocycles. The Balaban J connectivity index is 4.53. The first-order chi connectivity index (χ1) is 48.3. The third-order valence-electron chi connectivity index (χ3n) is 14.2. The molecule has 0 aliphatic rings. The van der Waals surface area contributed by atoms with Gasteiger partial charge in [0.15, 0.2) is 49.9 Å². The van der Waals surface area contributed by atoms with E-state index in [1.807, 2.05) is 77.0 Å². The van der Waals surface area contributed by atoms with Gasteiger partial charge < -0.3 is 92.9 Å². The first kappa shape index (κ1) is 102. The predicted octanol–water partition coefficient (Wildman–Crippen LogP) is 15.6. The highest BCUT2D eigenvalue weighted by atomic mass is 28.5. The van der Waals surface area contributed by atoms with E-state index in [1.165, 1.54) is 0 Å². The summed E-state index contributed by atoms with van der Waals surface area (Å²) < 4.78 is 138. The molecule has 0 bridgehead atoms. The van der Waals surface area contributed by atoms with Gasteiger partial charge in [0.25, 0.3) is 0 Å². The van der Waals surface area contributed by atoms with Crippen molar-refractivity contribution >= 4 is 120 Å². The van der Waals surface area contributed by atoms with Gasteiger partial charge in [-0.15, -0.1) is 0 Å². The Labute approximate surface area is 646 Å². The van der Waals surface area contributed by atoms with E-state index in [1.54, 1.807) is 0 Å². The van der Waals surface area contributed by atoms with E-state index in [-0.39, 0.29) is 58.2 Å². The topological polar surface area (TPSA) is 242 Å². The standard InChI is InChI=1S/C65H154N6O21Si12/c1-31-78-102(79-32-2,80-33-3)53-42-47-74-58-69(57-72-45-40-51-99(28,87-93(10,11)12)88-94(13,14)15)63-66-64(70(59-75-48-43-54-103(81-34-4,82-35-5)83-36-6)60-76-49-44-55-104(84-37-7,85-38-8)86-39-9)68-65(67-63)71(62-77-50-56-101(30,91-97(22,23)24)92-98(25,26)27)61-73-46-41-52-100(29,89-95(16,17)18)90-96(19,20)21/h31-62H2,1-30H3. The van der Waals surface area contributed by atoms with Crippen LogP contribution in [-0.2, 0) is 92.9 Å². The Morgan fingerprint density at radius 2 is 0.385 bits per heavy atom. The van der Waals surface area contributed by atoms with Gasteiger partial charge in [-0.25, -0.2) is 0 Å². The van der Waals surface area contributed by atoms with Crippen molar-refractivity contribution in [2.24, 2.45) is 0 Å². The molecule has 104 heavy (non-hydrogen) atoms. The monoisotopic (exact) mass is 1690 g/mol. The Morgan fingerprint density at radius 3 is 0.558 bits per heavy atom. The second kappa shape index (κ2) is 50.4. The zero-order chi connectivity index (χ0) is 79.1. The quantitative estimate of drug-likeness (QED) is 0.0334. The molecular formula is C65H154N6O21Si12. The number of nitrogens with zero attached hydrogens (tertiary/aromatic N) is 6. The summed E-state index contributed by atoms with van der Waals surface area (Å²) in [5.74, 6) is 0.808. The maximum Gasteiger partial charge on any atom is 0.501 e. The fourth-order valence-electron chi connectivity index (χ4n) is 12.0. The molecule has 27 nitrogen and oxygen atoms in total. The molecule has 0 aliphatic carbocycles. The molecule has 0 unspecified atom stereocenters. The van der Waals surface area contributed by atoms with Crippen LogP contribution >= 0.6 is 0 Å². The molecule has 0 radical (unpaired) electrons. The van der Waals surface area contributed by atoms with Crippen LogP contribution in [0.5, 0.6) is 0 Å². The van der Waals surface area contributed by atoms with E-state index >= 15 is 0 Å². The van der Waals surface area contributed by atoms with E-state index < -0.39 is 102 Å². The Bertz CT molecular complexity index is 2250. The smallest absolute Gasteiger partial charge is 0.437 e. The molecule has 0 saturated heterocycles. The molecule has 1 aromatic heterocycles. The predicted molar refractivity (Wildman–Crippen MR) is 447 cm³/mol. The largest absolute Gasteiger partial charge is 0.501 e. The van der Waals surface area contributed by atoms with E-state index in [4.69, 9.17) is 108 Å². The minimum Gasteiger partial charge on any atom is -0.437 e. The number of rotatable bonds is 68. The lowest BCUT2D eigenvalue weighted by molar-refractivity contribution is 0.0583. The molecular weight excluding hydrogens is 1540 g/mol. The highest BCUT2D eigenvalue weighted by Gasteiger charge is 2.45. The van der Waals surface area contributed by atoms with Crippen LogP contribution in [0.1, 0.15) is 94.4 Å². The normalized spacial score (nSPS) is 13.8. The second-order valence-electron chi connectivity index (χ2n) is 32.0. The highest BCUT2D eigenvalue weighted by molar-refractivity contribution is 6.89. The molecule has 0 N–H and O–H groups in total. The first-order valence-electron chi connectivity index (χ1n) is 38.7. The minimum absolute atomic E-state index is 0.0245. The molecule has 0 fully saturated rings. The lowest BCUT2D eigenvalue weighted by atomic mass is 10.5. The summed E-state index contributed by atoms with van der Waals surface area (Å²) in [6, 6.07) is 3.83. The molecule has 1 aromatic rings. The fourth-order valence-corrected chi connectivity index (χ4v) is 56.9. The van der Waals surface area contributed by atoms with Crippen molar-refractivity contribution in [2.45, 2.75) is 268 Å². The van der Waals surface area contributed by atoms with Crippen molar-refractivity contribution in [2.75, 3.05) is 154 Å². The Morgan fingerprint density at radius 1 is 0.221 bits per heavy atom. The molecule has 0 amide bonds. The van der Waals surface area contributed by atoms with Gasteiger partial charge in [-0.3, -0.25) is 14.7 Å². The van der Waals surface area contributed by atoms with Crippen molar-refractivity contribution in [3.8, 4) is 0 Å². The van der Waals surface area contributed by atoms with E-state index in [9.17, 15) is 0 Å². The molecule has 0 saturated carbocycles. The van der Waals surface area contributed by atoms with E-state index in [2.05, 4.69) is 137 Å². The third kappa shape index (κ3) is 47.0. The van der Waals surface area contributed by atoms with Gasteiger partial charge in [0.1, 0.15) is 40.4 Å². The summed E-state index contributed by atoms with van der Waals surface area (Å²) in [5, 5.41) is 0. The molecule has 0 aliphatic heterocycles. The van der Waals surface area contributed by atoms with Gasteiger partial charge in [0, 0.05) is 117 Å².